The molecule has 0 aliphatic carbocycles. The van der Waals surface area contributed by atoms with Gasteiger partial charge < -0.3 is 5.32 Å². The smallest absolute Gasteiger partial charge is 0.319 e. The number of aliphatic imine (C=N–C) groups is 1. The minimum Gasteiger partial charge on any atom is -0.319 e. The topological polar surface area (TPSA) is 59.3 Å². The van der Waals surface area contributed by atoms with Crippen molar-refractivity contribution in [2.45, 2.75) is 12.8 Å². The van der Waals surface area contributed by atoms with Gasteiger partial charge in [0.15, 0.2) is 0 Å². The summed E-state index contributed by atoms with van der Waals surface area (Å²) in [6.45, 7) is 2.75. The van der Waals surface area contributed by atoms with E-state index in [-0.39, 0.29) is 17.0 Å². The molecule has 1 aliphatic heterocycles. The predicted octanol–water partition coefficient (Wildman–Crippen LogP) is 3.96. The lowest BCUT2D eigenvalue weighted by molar-refractivity contribution is 0.550. The van der Waals surface area contributed by atoms with Gasteiger partial charge in [-0.15, -0.1) is 0 Å². The number of benzene rings is 2. The summed E-state index contributed by atoms with van der Waals surface area (Å²) in [5, 5.41) is 3.48. The SMILES string of the molecule is CNCC1C(C)=Nc2c(c(Cl)nc(=O)n2-c2ccccc2)C1c1ccccc1. The molecule has 0 fully saturated rings. The first kappa shape index (κ1) is 18.6. The number of hydrogen-bond acceptors (Lipinski definition) is 4. The number of hydrogen-bond donors (Lipinski definition) is 1. The van der Waals surface area contributed by atoms with Crippen LogP contribution in [0.3, 0.4) is 0 Å². The molecule has 1 aliphatic rings. The summed E-state index contributed by atoms with van der Waals surface area (Å²) in [4.78, 5) is 21.7. The predicted molar refractivity (Wildman–Crippen MR) is 113 cm³/mol. The van der Waals surface area contributed by atoms with E-state index >= 15 is 0 Å². The highest BCUT2D eigenvalue weighted by atomic mass is 35.5. The second-order valence-electron chi connectivity index (χ2n) is 6.90. The van der Waals surface area contributed by atoms with Crippen molar-refractivity contribution in [3.63, 3.8) is 0 Å². The van der Waals surface area contributed by atoms with Gasteiger partial charge in [0, 0.05) is 29.7 Å². The van der Waals surface area contributed by atoms with E-state index in [0.29, 0.717) is 5.82 Å². The average Bonchev–Trinajstić information content (AvgIpc) is 2.70. The molecule has 3 aromatic rings. The van der Waals surface area contributed by atoms with Crippen molar-refractivity contribution in [1.82, 2.24) is 14.9 Å². The summed E-state index contributed by atoms with van der Waals surface area (Å²) in [5.74, 6) is 0.632. The highest BCUT2D eigenvalue weighted by Gasteiger charge is 2.36. The molecule has 28 heavy (non-hydrogen) atoms. The van der Waals surface area contributed by atoms with Crippen LogP contribution in [0, 0.1) is 5.92 Å². The fraction of sp³-hybridized carbons (Fsp3) is 0.227. The van der Waals surface area contributed by atoms with Crippen LogP contribution in [-0.4, -0.2) is 28.9 Å². The molecule has 1 N–H and O–H groups in total. The maximum atomic E-state index is 12.8. The van der Waals surface area contributed by atoms with E-state index < -0.39 is 5.69 Å². The normalized spacial score (nSPS) is 18.5. The first-order valence-electron chi connectivity index (χ1n) is 9.24. The standard InChI is InChI=1S/C22H21ClN4O/c1-14-17(13-24-2)18(15-9-5-3-6-10-15)19-20(23)26-22(28)27(21(19)25-14)16-11-7-4-8-12-16/h3-12,17-18,24H,13H2,1-2H3. The zero-order valence-corrected chi connectivity index (χ0v) is 16.5. The third-order valence-electron chi connectivity index (χ3n) is 5.19. The molecule has 2 aromatic carbocycles. The molecule has 0 amide bonds. The fourth-order valence-electron chi connectivity index (χ4n) is 3.92. The molecular formula is C22H21ClN4O. The van der Waals surface area contributed by atoms with Gasteiger partial charge in [0.05, 0.1) is 5.69 Å². The first-order chi connectivity index (χ1) is 13.6. The number of fused-ring (bicyclic) bond motifs is 1. The van der Waals surface area contributed by atoms with Crippen molar-refractivity contribution in [3.8, 4) is 5.69 Å². The second-order valence-corrected chi connectivity index (χ2v) is 7.26. The summed E-state index contributed by atoms with van der Waals surface area (Å²) < 4.78 is 1.55. The number of halogens is 1. The van der Waals surface area contributed by atoms with Gasteiger partial charge in [-0.3, -0.25) is 0 Å². The summed E-state index contributed by atoms with van der Waals surface area (Å²) in [7, 11) is 1.93. The molecule has 0 saturated heterocycles. The maximum absolute atomic E-state index is 12.8. The van der Waals surface area contributed by atoms with Gasteiger partial charge in [-0.2, -0.15) is 4.98 Å². The third-order valence-corrected chi connectivity index (χ3v) is 5.48. The van der Waals surface area contributed by atoms with Gasteiger partial charge >= 0.3 is 5.69 Å². The molecule has 4 rings (SSSR count). The second kappa shape index (κ2) is 7.70. The van der Waals surface area contributed by atoms with Crippen LogP contribution in [0.5, 0.6) is 0 Å². The number of nitrogens with one attached hydrogen (secondary N) is 1. The lowest BCUT2D eigenvalue weighted by atomic mass is 9.77. The number of rotatable bonds is 4. The lowest BCUT2D eigenvalue weighted by Gasteiger charge is -2.33. The molecule has 5 nitrogen and oxygen atoms in total. The molecule has 1 aromatic heterocycles. The molecule has 2 unspecified atom stereocenters. The number of aromatic nitrogens is 2. The molecule has 0 radical (unpaired) electrons. The van der Waals surface area contributed by atoms with E-state index in [1.54, 1.807) is 4.57 Å². The Labute approximate surface area is 168 Å². The molecule has 142 valence electrons. The Morgan fingerprint density at radius 1 is 1.07 bits per heavy atom. The zero-order valence-electron chi connectivity index (χ0n) is 15.8. The molecule has 0 bridgehead atoms. The van der Waals surface area contributed by atoms with Crippen LogP contribution in [0.4, 0.5) is 5.82 Å². The van der Waals surface area contributed by atoms with Crippen molar-refractivity contribution in [2.75, 3.05) is 13.6 Å². The van der Waals surface area contributed by atoms with Crippen molar-refractivity contribution >= 4 is 23.1 Å². The van der Waals surface area contributed by atoms with Crippen molar-refractivity contribution < 1.29 is 0 Å². The van der Waals surface area contributed by atoms with Crippen LogP contribution >= 0.6 is 11.6 Å². The zero-order chi connectivity index (χ0) is 19.7. The Bertz CT molecular complexity index is 1080. The van der Waals surface area contributed by atoms with Crippen LogP contribution < -0.4 is 11.0 Å². The van der Waals surface area contributed by atoms with Crippen molar-refractivity contribution in [1.29, 1.82) is 0 Å². The molecule has 2 heterocycles. The summed E-state index contributed by atoms with van der Waals surface area (Å²) in [6.07, 6.45) is 0. The Balaban J connectivity index is 2.04. The van der Waals surface area contributed by atoms with Crippen molar-refractivity contribution in [2.24, 2.45) is 10.9 Å². The molecule has 6 heteroatoms. The van der Waals surface area contributed by atoms with E-state index in [0.717, 1.165) is 29.1 Å². The highest BCUT2D eigenvalue weighted by Crippen LogP contribution is 2.44. The van der Waals surface area contributed by atoms with Gasteiger partial charge in [-0.05, 0) is 31.7 Å². The van der Waals surface area contributed by atoms with E-state index in [4.69, 9.17) is 16.6 Å². The van der Waals surface area contributed by atoms with Crippen LogP contribution in [0.15, 0.2) is 70.5 Å². The van der Waals surface area contributed by atoms with E-state index in [1.165, 1.54) is 0 Å². The quantitative estimate of drug-likeness (QED) is 0.683. The Morgan fingerprint density at radius 2 is 1.71 bits per heavy atom. The maximum Gasteiger partial charge on any atom is 0.355 e. The van der Waals surface area contributed by atoms with Crippen LogP contribution in [0.2, 0.25) is 5.15 Å². The third kappa shape index (κ3) is 3.17. The van der Waals surface area contributed by atoms with E-state index in [1.807, 2.05) is 62.5 Å². The highest BCUT2D eigenvalue weighted by molar-refractivity contribution is 6.30. The van der Waals surface area contributed by atoms with Gasteiger partial charge in [-0.25, -0.2) is 14.4 Å². The summed E-state index contributed by atoms with van der Waals surface area (Å²) in [6, 6.07) is 19.6. The van der Waals surface area contributed by atoms with E-state index in [2.05, 4.69) is 22.4 Å². The van der Waals surface area contributed by atoms with Crippen molar-refractivity contribution in [3.05, 3.63) is 87.4 Å². The van der Waals surface area contributed by atoms with Crippen LogP contribution in [0.25, 0.3) is 5.69 Å². The minimum atomic E-state index is -0.426. The lowest BCUT2D eigenvalue weighted by Crippen LogP contribution is -2.35. The summed E-state index contributed by atoms with van der Waals surface area (Å²) in [5.41, 5.74) is 3.18. The first-order valence-corrected chi connectivity index (χ1v) is 9.62. The molecule has 0 saturated carbocycles. The Morgan fingerprint density at radius 3 is 2.36 bits per heavy atom. The molecular weight excluding hydrogens is 372 g/mol. The van der Waals surface area contributed by atoms with Gasteiger partial charge in [0.2, 0.25) is 0 Å². The van der Waals surface area contributed by atoms with E-state index in [9.17, 15) is 4.79 Å². The number of nitrogens with zero attached hydrogens (tertiary/aromatic N) is 3. The van der Waals surface area contributed by atoms with Gasteiger partial charge in [0.25, 0.3) is 0 Å². The monoisotopic (exact) mass is 392 g/mol. The average molecular weight is 393 g/mol. The van der Waals surface area contributed by atoms with Crippen LogP contribution in [-0.2, 0) is 0 Å². The Hall–Kier alpha value is -2.76. The molecule has 0 spiro atoms. The molecule has 2 atom stereocenters. The largest absolute Gasteiger partial charge is 0.355 e. The number of para-hydroxylation sites is 1. The summed E-state index contributed by atoms with van der Waals surface area (Å²) >= 11 is 6.55. The minimum absolute atomic E-state index is 0.0447. The van der Waals surface area contributed by atoms with Gasteiger partial charge in [-0.1, -0.05) is 60.1 Å². The van der Waals surface area contributed by atoms with Gasteiger partial charge in [0.1, 0.15) is 11.0 Å². The van der Waals surface area contributed by atoms with Crippen LogP contribution in [0.1, 0.15) is 24.0 Å². The Kier molecular flexibility index (Phi) is 5.11. The fourth-order valence-corrected chi connectivity index (χ4v) is 4.20.